The van der Waals surface area contributed by atoms with Gasteiger partial charge in [-0.3, -0.25) is 9.59 Å². The highest BCUT2D eigenvalue weighted by molar-refractivity contribution is 6.00. The Labute approximate surface area is 172 Å². The van der Waals surface area contributed by atoms with E-state index in [0.29, 0.717) is 50.8 Å². The summed E-state index contributed by atoms with van der Waals surface area (Å²) >= 11 is 0. The lowest BCUT2D eigenvalue weighted by atomic mass is 9.97. The second-order valence-electron chi connectivity index (χ2n) is 7.97. The van der Waals surface area contributed by atoms with Crippen LogP contribution in [0.5, 0.6) is 5.75 Å². The summed E-state index contributed by atoms with van der Waals surface area (Å²) in [5, 5.41) is 0.972. The largest absolute Gasteiger partial charge is 0.493 e. The van der Waals surface area contributed by atoms with Gasteiger partial charge in [-0.1, -0.05) is 19.9 Å². The monoisotopic (exact) mass is 400 g/mol. The number of carbonyl (C=O) groups excluding carboxylic acids is 2. The molecule has 6 heteroatoms. The van der Waals surface area contributed by atoms with Crippen LogP contribution in [0.15, 0.2) is 24.3 Å². The van der Waals surface area contributed by atoms with Crippen molar-refractivity contribution in [3.63, 3.8) is 0 Å². The lowest BCUT2D eigenvalue weighted by molar-refractivity contribution is -0.149. The summed E-state index contributed by atoms with van der Waals surface area (Å²) in [4.78, 5) is 27.2. The molecule has 1 fully saturated rings. The van der Waals surface area contributed by atoms with Crippen LogP contribution in [0.1, 0.15) is 51.0 Å². The number of carbonyl (C=O) groups is 2. The van der Waals surface area contributed by atoms with Crippen molar-refractivity contribution in [3.8, 4) is 5.75 Å². The number of piperidine rings is 1. The standard InChI is InChI=1S/C23H32N2O4/c1-5-28-21-9-7-8-19-18(21)14-20(25(19)15-16(3)4)22(26)24-12-10-17(11-13-24)23(27)29-6-2/h7-9,14,16-17H,5-6,10-13,15H2,1-4H3. The zero-order valence-electron chi connectivity index (χ0n) is 17.9. The summed E-state index contributed by atoms with van der Waals surface area (Å²) in [6, 6.07) is 7.93. The topological polar surface area (TPSA) is 60.8 Å². The van der Waals surface area contributed by atoms with Gasteiger partial charge in [-0.25, -0.2) is 0 Å². The average Bonchev–Trinajstić information content (AvgIpc) is 3.07. The molecule has 0 spiro atoms. The van der Waals surface area contributed by atoms with Crippen LogP contribution in [0.2, 0.25) is 0 Å². The lowest BCUT2D eigenvalue weighted by Gasteiger charge is -2.31. The van der Waals surface area contributed by atoms with Gasteiger partial charge >= 0.3 is 5.97 Å². The maximum Gasteiger partial charge on any atom is 0.309 e. The Bertz CT molecular complexity index is 863. The van der Waals surface area contributed by atoms with E-state index in [2.05, 4.69) is 18.4 Å². The van der Waals surface area contributed by atoms with Gasteiger partial charge in [0.05, 0.1) is 24.6 Å². The molecule has 2 aromatic rings. The highest BCUT2D eigenvalue weighted by atomic mass is 16.5. The van der Waals surface area contributed by atoms with Crippen LogP contribution >= 0.6 is 0 Å². The minimum Gasteiger partial charge on any atom is -0.493 e. The van der Waals surface area contributed by atoms with Crippen molar-refractivity contribution in [3.05, 3.63) is 30.0 Å². The molecule has 6 nitrogen and oxygen atoms in total. The van der Waals surface area contributed by atoms with Crippen molar-refractivity contribution in [1.82, 2.24) is 9.47 Å². The van der Waals surface area contributed by atoms with Crippen LogP contribution in [0.4, 0.5) is 0 Å². The number of aromatic nitrogens is 1. The quantitative estimate of drug-likeness (QED) is 0.656. The molecule has 2 heterocycles. The molecule has 0 saturated carbocycles. The fraction of sp³-hybridized carbons (Fsp3) is 0.565. The van der Waals surface area contributed by atoms with Crippen molar-refractivity contribution < 1.29 is 19.1 Å². The van der Waals surface area contributed by atoms with E-state index in [-0.39, 0.29) is 17.8 Å². The minimum atomic E-state index is -0.144. The zero-order valence-corrected chi connectivity index (χ0v) is 17.9. The van der Waals surface area contributed by atoms with E-state index < -0.39 is 0 Å². The summed E-state index contributed by atoms with van der Waals surface area (Å²) in [7, 11) is 0. The number of rotatable bonds is 7. The normalized spacial score (nSPS) is 15.1. The predicted octanol–water partition coefficient (Wildman–Crippen LogP) is 4.11. The highest BCUT2D eigenvalue weighted by Gasteiger charge is 2.30. The van der Waals surface area contributed by atoms with Crippen molar-refractivity contribution in [2.24, 2.45) is 11.8 Å². The first-order valence-corrected chi connectivity index (χ1v) is 10.7. The van der Waals surface area contributed by atoms with Gasteiger partial charge in [0.15, 0.2) is 0 Å². The van der Waals surface area contributed by atoms with Crippen molar-refractivity contribution in [2.75, 3.05) is 26.3 Å². The molecule has 0 bridgehead atoms. The Balaban J connectivity index is 1.87. The van der Waals surface area contributed by atoms with Crippen LogP contribution in [0.3, 0.4) is 0 Å². The highest BCUT2D eigenvalue weighted by Crippen LogP contribution is 2.31. The summed E-state index contributed by atoms with van der Waals surface area (Å²) in [6.45, 7) is 11.0. The third-order valence-electron chi connectivity index (χ3n) is 5.37. The number of hydrogen-bond donors (Lipinski definition) is 0. The summed E-state index contributed by atoms with van der Waals surface area (Å²) in [6.07, 6.45) is 1.30. The number of ether oxygens (including phenoxy) is 2. The molecule has 0 radical (unpaired) electrons. The van der Waals surface area contributed by atoms with Crippen LogP contribution in [-0.4, -0.2) is 47.6 Å². The van der Waals surface area contributed by atoms with E-state index in [1.54, 1.807) is 0 Å². The third-order valence-corrected chi connectivity index (χ3v) is 5.37. The smallest absolute Gasteiger partial charge is 0.309 e. The molecule has 1 saturated heterocycles. The van der Waals surface area contributed by atoms with Crippen molar-refractivity contribution in [2.45, 2.75) is 47.1 Å². The molecule has 1 aliphatic heterocycles. The van der Waals surface area contributed by atoms with E-state index in [1.165, 1.54) is 0 Å². The fourth-order valence-corrected chi connectivity index (χ4v) is 4.02. The first-order valence-electron chi connectivity index (χ1n) is 10.7. The van der Waals surface area contributed by atoms with E-state index in [4.69, 9.17) is 9.47 Å². The van der Waals surface area contributed by atoms with Gasteiger partial charge in [0.25, 0.3) is 5.91 Å². The van der Waals surface area contributed by atoms with E-state index in [0.717, 1.165) is 23.2 Å². The van der Waals surface area contributed by atoms with Gasteiger partial charge < -0.3 is 18.9 Å². The summed E-state index contributed by atoms with van der Waals surface area (Å²) in [5.41, 5.74) is 1.71. The third kappa shape index (κ3) is 4.57. The number of nitrogens with zero attached hydrogens (tertiary/aromatic N) is 2. The number of likely N-dealkylation sites (tertiary alicyclic amines) is 1. The fourth-order valence-electron chi connectivity index (χ4n) is 4.02. The lowest BCUT2D eigenvalue weighted by Crippen LogP contribution is -2.41. The van der Waals surface area contributed by atoms with Crippen LogP contribution in [-0.2, 0) is 16.1 Å². The van der Waals surface area contributed by atoms with Crippen molar-refractivity contribution in [1.29, 1.82) is 0 Å². The number of hydrogen-bond acceptors (Lipinski definition) is 4. The molecule has 29 heavy (non-hydrogen) atoms. The van der Waals surface area contributed by atoms with Gasteiger partial charge in [-0.2, -0.15) is 0 Å². The molecule has 3 rings (SSSR count). The van der Waals surface area contributed by atoms with E-state index in [9.17, 15) is 9.59 Å². The molecule has 158 valence electrons. The molecule has 1 aliphatic rings. The predicted molar refractivity (Wildman–Crippen MR) is 113 cm³/mol. The molecule has 1 aromatic heterocycles. The van der Waals surface area contributed by atoms with Gasteiger partial charge in [-0.05, 0) is 50.8 Å². The number of benzene rings is 1. The van der Waals surface area contributed by atoms with E-state index >= 15 is 0 Å². The number of esters is 1. The van der Waals surface area contributed by atoms with Crippen molar-refractivity contribution >= 4 is 22.8 Å². The Morgan fingerprint density at radius 1 is 1.14 bits per heavy atom. The molecule has 0 N–H and O–H groups in total. The maximum absolute atomic E-state index is 13.4. The Hall–Kier alpha value is -2.50. The first kappa shape index (κ1) is 21.2. The molecule has 1 amide bonds. The van der Waals surface area contributed by atoms with Gasteiger partial charge in [-0.15, -0.1) is 0 Å². The molecular formula is C23H32N2O4. The molecule has 0 aliphatic carbocycles. The molecule has 0 unspecified atom stereocenters. The Morgan fingerprint density at radius 2 is 1.86 bits per heavy atom. The van der Waals surface area contributed by atoms with Gasteiger partial charge in [0, 0.05) is 25.0 Å². The van der Waals surface area contributed by atoms with Gasteiger partial charge in [0.1, 0.15) is 11.4 Å². The molecule has 1 aromatic carbocycles. The maximum atomic E-state index is 13.4. The number of fused-ring (bicyclic) bond motifs is 1. The molecule has 0 atom stereocenters. The van der Waals surface area contributed by atoms with Gasteiger partial charge in [0.2, 0.25) is 0 Å². The second-order valence-corrected chi connectivity index (χ2v) is 7.97. The van der Waals surface area contributed by atoms with Crippen LogP contribution in [0, 0.1) is 11.8 Å². The van der Waals surface area contributed by atoms with Crippen LogP contribution in [0.25, 0.3) is 10.9 Å². The minimum absolute atomic E-state index is 0.0200. The molecular weight excluding hydrogens is 368 g/mol. The summed E-state index contributed by atoms with van der Waals surface area (Å²) in [5.74, 6) is 0.983. The van der Waals surface area contributed by atoms with E-state index in [1.807, 2.05) is 43.0 Å². The Morgan fingerprint density at radius 3 is 2.48 bits per heavy atom. The second kappa shape index (κ2) is 9.33. The van der Waals surface area contributed by atoms with Crippen LogP contribution < -0.4 is 4.74 Å². The number of amides is 1. The SMILES string of the molecule is CCOC(=O)C1CCN(C(=O)c2cc3c(OCC)cccc3n2CC(C)C)CC1. The summed E-state index contributed by atoms with van der Waals surface area (Å²) < 4.78 is 13.0. The zero-order chi connectivity index (χ0) is 21.0. The first-order chi connectivity index (χ1) is 14.0. The average molecular weight is 401 g/mol. The Kier molecular flexibility index (Phi) is 6.83.